The van der Waals surface area contributed by atoms with Gasteiger partial charge in [-0.3, -0.25) is 14.3 Å². The minimum atomic E-state index is -1.39. The number of piperidine rings is 1. The van der Waals surface area contributed by atoms with Gasteiger partial charge in [-0.05, 0) is 31.4 Å². The van der Waals surface area contributed by atoms with Crippen LogP contribution >= 0.6 is 0 Å². The molecule has 7 heteroatoms. The molecule has 1 saturated heterocycles. The summed E-state index contributed by atoms with van der Waals surface area (Å²) in [5, 5.41) is 24.6. The van der Waals surface area contributed by atoms with Gasteiger partial charge in [0, 0.05) is 37.9 Å². The Morgan fingerprint density at radius 1 is 1.26 bits per heavy atom. The van der Waals surface area contributed by atoms with Gasteiger partial charge in [0.2, 0.25) is 5.91 Å². The third-order valence-electron chi connectivity index (χ3n) is 5.39. The fourth-order valence-electron chi connectivity index (χ4n) is 3.70. The lowest BCUT2D eigenvalue weighted by atomic mass is 9.72. The lowest BCUT2D eigenvalue weighted by Gasteiger charge is -2.43. The molecule has 0 saturated carbocycles. The highest BCUT2D eigenvalue weighted by Gasteiger charge is 2.50. The maximum atomic E-state index is 12.7. The molecule has 0 unspecified atom stereocenters. The van der Waals surface area contributed by atoms with E-state index in [1.54, 1.807) is 15.8 Å². The molecule has 0 aliphatic carbocycles. The van der Waals surface area contributed by atoms with Crippen molar-refractivity contribution in [3.05, 3.63) is 53.9 Å². The third kappa shape index (κ3) is 4.03. The largest absolute Gasteiger partial charge is 0.481 e. The number of carbonyl (C=O) groups is 2. The molecule has 1 amide bonds. The van der Waals surface area contributed by atoms with Gasteiger partial charge >= 0.3 is 5.97 Å². The Kier molecular flexibility index (Phi) is 5.60. The van der Waals surface area contributed by atoms with Crippen molar-refractivity contribution < 1.29 is 19.8 Å². The molecular formula is C20H25N3O4. The molecule has 2 N–H and O–H groups in total. The maximum Gasteiger partial charge on any atom is 0.314 e. The third-order valence-corrected chi connectivity index (χ3v) is 5.39. The molecule has 0 spiro atoms. The highest BCUT2D eigenvalue weighted by atomic mass is 16.4. The van der Waals surface area contributed by atoms with Crippen LogP contribution in [-0.4, -0.2) is 56.0 Å². The Balaban J connectivity index is 1.73. The van der Waals surface area contributed by atoms with Crippen LogP contribution in [-0.2, 0) is 22.6 Å². The van der Waals surface area contributed by atoms with Crippen LogP contribution < -0.4 is 0 Å². The molecular weight excluding hydrogens is 346 g/mol. The number of aryl methyl sites for hydroxylation is 2. The number of likely N-dealkylation sites (tertiary alicyclic amines) is 1. The average molecular weight is 371 g/mol. The molecule has 2 aromatic rings. The van der Waals surface area contributed by atoms with Crippen LogP contribution in [0.1, 0.15) is 24.1 Å². The molecule has 144 valence electrons. The van der Waals surface area contributed by atoms with Crippen LogP contribution in [0.25, 0.3) is 0 Å². The summed E-state index contributed by atoms with van der Waals surface area (Å²) < 4.78 is 1.76. The SMILES string of the molecule is Cc1ccnn1CCC(=O)N1CC[C@H](O)[C@](Cc2ccccc2)(C(=O)O)C1. The summed E-state index contributed by atoms with van der Waals surface area (Å²) in [4.78, 5) is 26.4. The molecule has 1 aliphatic heterocycles. The van der Waals surface area contributed by atoms with Crippen LogP contribution in [0, 0.1) is 12.3 Å². The monoisotopic (exact) mass is 371 g/mol. The summed E-state index contributed by atoms with van der Waals surface area (Å²) in [6, 6.07) is 11.1. The lowest BCUT2D eigenvalue weighted by molar-refractivity contribution is -0.165. The van der Waals surface area contributed by atoms with Crippen LogP contribution in [0.15, 0.2) is 42.6 Å². The molecule has 0 radical (unpaired) electrons. The van der Waals surface area contributed by atoms with Crippen molar-refractivity contribution in [2.75, 3.05) is 13.1 Å². The second-order valence-electron chi connectivity index (χ2n) is 7.19. The highest BCUT2D eigenvalue weighted by Crippen LogP contribution is 2.35. The maximum absolute atomic E-state index is 12.7. The van der Waals surface area contributed by atoms with Crippen molar-refractivity contribution in [1.82, 2.24) is 14.7 Å². The predicted octanol–water partition coefficient (Wildman–Crippen LogP) is 1.49. The number of carbonyl (C=O) groups excluding carboxylic acids is 1. The normalized spacial score (nSPS) is 22.6. The Bertz CT molecular complexity index is 805. The van der Waals surface area contributed by atoms with E-state index in [0.717, 1.165) is 11.3 Å². The first-order valence-electron chi connectivity index (χ1n) is 9.14. The summed E-state index contributed by atoms with van der Waals surface area (Å²) in [5.41, 5.74) is 0.415. The van der Waals surface area contributed by atoms with Gasteiger partial charge in [-0.2, -0.15) is 5.10 Å². The number of aliphatic carboxylic acids is 1. The number of hydrogen-bond donors (Lipinski definition) is 2. The number of benzene rings is 1. The zero-order valence-corrected chi connectivity index (χ0v) is 15.4. The van der Waals surface area contributed by atoms with Crippen molar-refractivity contribution in [2.45, 2.75) is 38.8 Å². The van der Waals surface area contributed by atoms with Crippen LogP contribution in [0.4, 0.5) is 0 Å². The van der Waals surface area contributed by atoms with Gasteiger partial charge in [0.05, 0.1) is 6.10 Å². The van der Waals surface area contributed by atoms with E-state index in [2.05, 4.69) is 5.10 Å². The number of nitrogens with zero attached hydrogens (tertiary/aromatic N) is 3. The zero-order chi connectivity index (χ0) is 19.4. The number of carboxylic acids is 1. The molecule has 1 aromatic heterocycles. The van der Waals surface area contributed by atoms with Crippen LogP contribution in [0.5, 0.6) is 0 Å². The first-order chi connectivity index (χ1) is 12.9. The van der Waals surface area contributed by atoms with Gasteiger partial charge in [-0.1, -0.05) is 30.3 Å². The molecule has 1 aliphatic rings. The van der Waals surface area contributed by atoms with Gasteiger partial charge in [0.15, 0.2) is 0 Å². The summed E-state index contributed by atoms with van der Waals surface area (Å²) in [5.74, 6) is -1.19. The first kappa shape index (κ1) is 19.1. The minimum absolute atomic E-state index is 0.00924. The summed E-state index contributed by atoms with van der Waals surface area (Å²) in [6.45, 7) is 2.75. The van der Waals surface area contributed by atoms with E-state index in [-0.39, 0.29) is 31.7 Å². The Morgan fingerprint density at radius 3 is 2.63 bits per heavy atom. The van der Waals surface area contributed by atoms with Crippen LogP contribution in [0.2, 0.25) is 0 Å². The van der Waals surface area contributed by atoms with E-state index in [9.17, 15) is 19.8 Å². The van der Waals surface area contributed by atoms with Gasteiger partial charge < -0.3 is 15.1 Å². The van der Waals surface area contributed by atoms with Crippen molar-refractivity contribution in [1.29, 1.82) is 0 Å². The lowest BCUT2D eigenvalue weighted by Crippen LogP contribution is -2.58. The van der Waals surface area contributed by atoms with E-state index in [1.165, 1.54) is 0 Å². The molecule has 7 nitrogen and oxygen atoms in total. The van der Waals surface area contributed by atoms with Gasteiger partial charge in [-0.25, -0.2) is 0 Å². The number of amides is 1. The molecule has 27 heavy (non-hydrogen) atoms. The average Bonchev–Trinajstić information content (AvgIpc) is 3.07. The Hall–Kier alpha value is -2.67. The molecule has 3 rings (SSSR count). The van der Waals surface area contributed by atoms with Gasteiger partial charge in [0.1, 0.15) is 5.41 Å². The number of aliphatic hydroxyl groups excluding tert-OH is 1. The fraction of sp³-hybridized carbons (Fsp3) is 0.450. The number of aliphatic hydroxyl groups is 1. The molecule has 1 fully saturated rings. The van der Waals surface area contributed by atoms with E-state index in [0.29, 0.717) is 13.1 Å². The fourth-order valence-corrected chi connectivity index (χ4v) is 3.70. The highest BCUT2D eigenvalue weighted by molar-refractivity contribution is 5.80. The zero-order valence-electron chi connectivity index (χ0n) is 15.4. The topological polar surface area (TPSA) is 95.7 Å². The van der Waals surface area contributed by atoms with E-state index in [1.807, 2.05) is 43.3 Å². The molecule has 1 aromatic carbocycles. The second kappa shape index (κ2) is 7.92. The van der Waals surface area contributed by atoms with Crippen molar-refractivity contribution >= 4 is 11.9 Å². The Morgan fingerprint density at radius 2 is 2.00 bits per heavy atom. The summed E-state index contributed by atoms with van der Waals surface area (Å²) in [6.07, 6.45) is 1.39. The number of rotatable bonds is 6. The molecule has 2 heterocycles. The van der Waals surface area contributed by atoms with E-state index < -0.39 is 17.5 Å². The smallest absolute Gasteiger partial charge is 0.314 e. The predicted molar refractivity (Wildman–Crippen MR) is 99.0 cm³/mol. The number of carboxylic acid groups (broad SMARTS) is 1. The Labute approximate surface area is 158 Å². The second-order valence-corrected chi connectivity index (χ2v) is 7.19. The van der Waals surface area contributed by atoms with Gasteiger partial charge in [0.25, 0.3) is 0 Å². The van der Waals surface area contributed by atoms with E-state index >= 15 is 0 Å². The molecule has 0 bridgehead atoms. The summed E-state index contributed by atoms with van der Waals surface area (Å²) in [7, 11) is 0. The van der Waals surface area contributed by atoms with Crippen molar-refractivity contribution in [2.24, 2.45) is 5.41 Å². The van der Waals surface area contributed by atoms with Crippen molar-refractivity contribution in [3.8, 4) is 0 Å². The van der Waals surface area contributed by atoms with Gasteiger partial charge in [-0.15, -0.1) is 0 Å². The standard InChI is InChI=1S/C20H25N3O4/c1-15-7-10-21-23(15)12-9-18(25)22-11-8-17(24)20(14-22,19(26)27)13-16-5-3-2-4-6-16/h2-7,10,17,24H,8-9,11-14H2,1H3,(H,26,27)/t17-,20+/m0/s1. The van der Waals surface area contributed by atoms with Crippen LogP contribution in [0.3, 0.4) is 0 Å². The van der Waals surface area contributed by atoms with Crippen molar-refractivity contribution in [3.63, 3.8) is 0 Å². The molecule has 2 atom stereocenters. The number of hydrogen-bond acceptors (Lipinski definition) is 4. The number of aromatic nitrogens is 2. The quantitative estimate of drug-likeness (QED) is 0.802. The van der Waals surface area contributed by atoms with E-state index in [4.69, 9.17) is 0 Å². The minimum Gasteiger partial charge on any atom is -0.481 e. The summed E-state index contributed by atoms with van der Waals surface area (Å²) >= 11 is 0. The first-order valence-corrected chi connectivity index (χ1v) is 9.14.